The predicted octanol–water partition coefficient (Wildman–Crippen LogP) is 3.22. The lowest BCUT2D eigenvalue weighted by Gasteiger charge is -2.17. The highest BCUT2D eigenvalue weighted by Gasteiger charge is 2.19. The van der Waals surface area contributed by atoms with Crippen molar-refractivity contribution in [2.24, 2.45) is 5.73 Å². The summed E-state index contributed by atoms with van der Waals surface area (Å²) in [6.45, 7) is 2.21. The van der Waals surface area contributed by atoms with Gasteiger partial charge >= 0.3 is 0 Å². The number of alkyl halides is 2. The lowest BCUT2D eigenvalue weighted by molar-refractivity contribution is 0.150. The van der Waals surface area contributed by atoms with Crippen LogP contribution in [0, 0.1) is 5.82 Å². The van der Waals surface area contributed by atoms with Crippen LogP contribution in [0.2, 0.25) is 0 Å². The number of methoxy groups -OCH3 is 1. The molecule has 96 valence electrons. The van der Waals surface area contributed by atoms with Gasteiger partial charge in [-0.1, -0.05) is 6.92 Å². The molecule has 0 aromatic heterocycles. The maximum atomic E-state index is 13.6. The summed E-state index contributed by atoms with van der Waals surface area (Å²) in [4.78, 5) is 0. The Kier molecular flexibility index (Phi) is 4.81. The Morgan fingerprint density at radius 2 is 2.00 bits per heavy atom. The molecule has 0 heterocycles. The van der Waals surface area contributed by atoms with Gasteiger partial charge in [0.05, 0.1) is 7.11 Å². The van der Waals surface area contributed by atoms with Crippen LogP contribution in [0.5, 0.6) is 5.75 Å². The number of nitrogens with two attached hydrogens (primary N) is 1. The van der Waals surface area contributed by atoms with Crippen LogP contribution in [-0.2, 0) is 0 Å². The van der Waals surface area contributed by atoms with Gasteiger partial charge in [0.15, 0.2) is 11.6 Å². The van der Waals surface area contributed by atoms with Crippen LogP contribution in [0.3, 0.4) is 0 Å². The molecule has 0 aliphatic heterocycles. The Labute approximate surface area is 98.6 Å². The lowest BCUT2D eigenvalue weighted by Crippen LogP contribution is -2.07. The SMILES string of the molecule is COc1c(F)cc(C(F)F)cc1C(C)CCN. The standard InChI is InChI=1S/C12H16F3NO/c1-7(3-4-16)9-5-8(12(14)15)6-10(13)11(9)17-2/h5-7,12H,3-4,16H2,1-2H3. The molecule has 2 nitrogen and oxygen atoms in total. The van der Waals surface area contributed by atoms with Crippen molar-refractivity contribution in [1.29, 1.82) is 0 Å². The van der Waals surface area contributed by atoms with E-state index in [2.05, 4.69) is 0 Å². The van der Waals surface area contributed by atoms with Crippen LogP contribution in [-0.4, -0.2) is 13.7 Å². The molecular formula is C12H16F3NO. The van der Waals surface area contributed by atoms with Crippen molar-refractivity contribution in [3.8, 4) is 5.75 Å². The van der Waals surface area contributed by atoms with Gasteiger partial charge in [-0.15, -0.1) is 0 Å². The molecule has 5 heteroatoms. The van der Waals surface area contributed by atoms with Crippen molar-refractivity contribution in [2.75, 3.05) is 13.7 Å². The molecule has 0 bridgehead atoms. The van der Waals surface area contributed by atoms with E-state index in [-0.39, 0.29) is 17.2 Å². The van der Waals surface area contributed by atoms with Crippen molar-refractivity contribution in [3.63, 3.8) is 0 Å². The fraction of sp³-hybridized carbons (Fsp3) is 0.500. The van der Waals surface area contributed by atoms with Gasteiger partial charge in [0, 0.05) is 11.1 Å². The zero-order valence-electron chi connectivity index (χ0n) is 9.84. The van der Waals surface area contributed by atoms with E-state index in [1.54, 1.807) is 6.92 Å². The van der Waals surface area contributed by atoms with E-state index in [9.17, 15) is 13.2 Å². The lowest BCUT2D eigenvalue weighted by atomic mass is 9.95. The summed E-state index contributed by atoms with van der Waals surface area (Å²) in [5, 5.41) is 0. The summed E-state index contributed by atoms with van der Waals surface area (Å²) >= 11 is 0. The van der Waals surface area contributed by atoms with Gasteiger partial charge in [-0.25, -0.2) is 13.2 Å². The zero-order valence-corrected chi connectivity index (χ0v) is 9.84. The maximum absolute atomic E-state index is 13.6. The Morgan fingerprint density at radius 3 is 2.47 bits per heavy atom. The summed E-state index contributed by atoms with van der Waals surface area (Å²) in [5.41, 5.74) is 5.52. The average molecular weight is 247 g/mol. The van der Waals surface area contributed by atoms with Gasteiger partial charge in [0.25, 0.3) is 6.43 Å². The van der Waals surface area contributed by atoms with Crippen LogP contribution >= 0.6 is 0 Å². The Hall–Kier alpha value is -1.23. The second-order valence-electron chi connectivity index (χ2n) is 3.90. The molecule has 1 aromatic rings. The molecule has 0 radical (unpaired) electrons. The molecule has 1 rings (SSSR count). The third-order valence-electron chi connectivity index (χ3n) is 2.68. The Balaban J connectivity index is 3.23. The zero-order chi connectivity index (χ0) is 13.0. The number of hydrogen-bond acceptors (Lipinski definition) is 2. The third-order valence-corrected chi connectivity index (χ3v) is 2.68. The minimum atomic E-state index is -2.70. The van der Waals surface area contributed by atoms with E-state index in [4.69, 9.17) is 10.5 Å². The highest BCUT2D eigenvalue weighted by Crippen LogP contribution is 2.34. The normalized spacial score (nSPS) is 12.9. The van der Waals surface area contributed by atoms with Gasteiger partial charge in [0.2, 0.25) is 0 Å². The van der Waals surface area contributed by atoms with Crippen LogP contribution in [0.4, 0.5) is 13.2 Å². The molecule has 0 aliphatic carbocycles. The third kappa shape index (κ3) is 3.12. The molecule has 0 fully saturated rings. The minimum absolute atomic E-state index is 0.0235. The monoisotopic (exact) mass is 247 g/mol. The number of hydrogen-bond donors (Lipinski definition) is 1. The van der Waals surface area contributed by atoms with Gasteiger partial charge < -0.3 is 10.5 Å². The second-order valence-corrected chi connectivity index (χ2v) is 3.90. The van der Waals surface area contributed by atoms with Crippen molar-refractivity contribution < 1.29 is 17.9 Å². The summed E-state index contributed by atoms with van der Waals surface area (Å²) in [5.74, 6) is -0.859. The van der Waals surface area contributed by atoms with Crippen molar-refractivity contribution in [1.82, 2.24) is 0 Å². The molecular weight excluding hydrogens is 231 g/mol. The summed E-state index contributed by atoms with van der Waals surface area (Å²) in [6, 6.07) is 2.09. The smallest absolute Gasteiger partial charge is 0.263 e. The van der Waals surface area contributed by atoms with E-state index in [0.717, 1.165) is 6.07 Å². The molecule has 0 saturated heterocycles. The first kappa shape index (κ1) is 13.8. The number of ether oxygens (including phenoxy) is 1. The van der Waals surface area contributed by atoms with Crippen molar-refractivity contribution in [3.05, 3.63) is 29.1 Å². The first-order valence-corrected chi connectivity index (χ1v) is 5.36. The topological polar surface area (TPSA) is 35.2 Å². The summed E-state index contributed by atoms with van der Waals surface area (Å²) in [6.07, 6.45) is -2.11. The van der Waals surface area contributed by atoms with E-state index in [0.29, 0.717) is 18.5 Å². The van der Waals surface area contributed by atoms with E-state index < -0.39 is 12.2 Å². The number of halogens is 3. The molecule has 0 aliphatic rings. The molecule has 1 unspecified atom stereocenters. The average Bonchev–Trinajstić information content (AvgIpc) is 2.28. The molecule has 17 heavy (non-hydrogen) atoms. The fourth-order valence-corrected chi connectivity index (χ4v) is 1.75. The molecule has 0 saturated carbocycles. The summed E-state index contributed by atoms with van der Waals surface area (Å²) < 4.78 is 43.7. The molecule has 2 N–H and O–H groups in total. The predicted molar refractivity (Wildman–Crippen MR) is 60.0 cm³/mol. The number of rotatable bonds is 5. The van der Waals surface area contributed by atoms with Crippen molar-refractivity contribution >= 4 is 0 Å². The molecule has 0 spiro atoms. The minimum Gasteiger partial charge on any atom is -0.493 e. The second kappa shape index (κ2) is 5.91. The summed E-state index contributed by atoms with van der Waals surface area (Å²) in [7, 11) is 1.32. The number of benzene rings is 1. The largest absolute Gasteiger partial charge is 0.493 e. The highest BCUT2D eigenvalue weighted by molar-refractivity contribution is 5.41. The van der Waals surface area contributed by atoms with Gasteiger partial charge in [0.1, 0.15) is 0 Å². The van der Waals surface area contributed by atoms with E-state index in [1.807, 2.05) is 0 Å². The Bertz CT molecular complexity index is 382. The first-order chi connectivity index (χ1) is 8.01. The van der Waals surface area contributed by atoms with Crippen LogP contribution < -0.4 is 10.5 Å². The molecule has 1 aromatic carbocycles. The Morgan fingerprint density at radius 1 is 1.35 bits per heavy atom. The first-order valence-electron chi connectivity index (χ1n) is 5.36. The highest BCUT2D eigenvalue weighted by atomic mass is 19.3. The molecule has 0 amide bonds. The van der Waals surface area contributed by atoms with E-state index >= 15 is 0 Å². The van der Waals surface area contributed by atoms with Crippen LogP contribution in [0.25, 0.3) is 0 Å². The van der Waals surface area contributed by atoms with Crippen LogP contribution in [0.15, 0.2) is 12.1 Å². The maximum Gasteiger partial charge on any atom is 0.263 e. The van der Waals surface area contributed by atoms with Gasteiger partial charge in [-0.2, -0.15) is 0 Å². The van der Waals surface area contributed by atoms with Crippen LogP contribution in [0.1, 0.15) is 36.8 Å². The van der Waals surface area contributed by atoms with E-state index in [1.165, 1.54) is 13.2 Å². The van der Waals surface area contributed by atoms with Gasteiger partial charge in [-0.3, -0.25) is 0 Å². The molecule has 1 atom stereocenters. The van der Waals surface area contributed by atoms with Crippen molar-refractivity contribution in [2.45, 2.75) is 25.7 Å². The fourth-order valence-electron chi connectivity index (χ4n) is 1.75. The quantitative estimate of drug-likeness (QED) is 0.867. The van der Waals surface area contributed by atoms with Gasteiger partial charge in [-0.05, 0) is 31.0 Å².